The second-order valence-electron chi connectivity index (χ2n) is 6.27. The molecule has 25 heavy (non-hydrogen) atoms. The monoisotopic (exact) mass is 335 g/mol. The van der Waals surface area contributed by atoms with Crippen LogP contribution in [-0.2, 0) is 4.79 Å². The van der Waals surface area contributed by atoms with Crippen molar-refractivity contribution >= 4 is 17.7 Å². The minimum Gasteiger partial charge on any atom is -0.334 e. The summed E-state index contributed by atoms with van der Waals surface area (Å²) >= 11 is 0. The Kier molecular flexibility index (Phi) is 3.80. The zero-order valence-electron chi connectivity index (χ0n) is 13.6. The summed E-state index contributed by atoms with van der Waals surface area (Å²) in [4.78, 5) is 44.6. The Hall–Kier alpha value is -3.02. The van der Waals surface area contributed by atoms with Gasteiger partial charge < -0.3 is 4.90 Å². The van der Waals surface area contributed by atoms with Crippen molar-refractivity contribution in [3.63, 3.8) is 0 Å². The lowest BCUT2D eigenvalue weighted by molar-refractivity contribution is -0.132. The minimum absolute atomic E-state index is 0.0450. The van der Waals surface area contributed by atoms with Gasteiger partial charge >= 0.3 is 0 Å². The van der Waals surface area contributed by atoms with Crippen LogP contribution < -0.4 is 0 Å². The predicted octanol–water partition coefficient (Wildman–Crippen LogP) is 2.04. The van der Waals surface area contributed by atoms with Gasteiger partial charge in [0.15, 0.2) is 0 Å². The van der Waals surface area contributed by atoms with E-state index in [2.05, 4.69) is 4.98 Å². The zero-order valence-corrected chi connectivity index (χ0v) is 13.6. The van der Waals surface area contributed by atoms with Gasteiger partial charge in [-0.3, -0.25) is 24.3 Å². The highest BCUT2D eigenvalue weighted by Crippen LogP contribution is 2.32. The molecule has 2 aromatic rings. The molecule has 4 rings (SSSR count). The quantitative estimate of drug-likeness (QED) is 0.805. The van der Waals surface area contributed by atoms with E-state index in [4.69, 9.17) is 0 Å². The van der Waals surface area contributed by atoms with E-state index in [1.54, 1.807) is 41.6 Å². The maximum absolute atomic E-state index is 12.8. The summed E-state index contributed by atoms with van der Waals surface area (Å²) in [6.07, 6.45) is 5.22. The molecule has 0 bridgehead atoms. The lowest BCUT2D eigenvalue weighted by atomic mass is 10.1. The Morgan fingerprint density at radius 3 is 2.44 bits per heavy atom. The maximum atomic E-state index is 12.8. The Labute approximate surface area is 145 Å². The van der Waals surface area contributed by atoms with E-state index in [1.807, 2.05) is 12.1 Å². The van der Waals surface area contributed by atoms with Crippen LogP contribution in [0.25, 0.3) is 0 Å². The summed E-state index contributed by atoms with van der Waals surface area (Å²) in [5, 5.41) is 0. The van der Waals surface area contributed by atoms with Gasteiger partial charge in [0.2, 0.25) is 5.91 Å². The molecule has 2 aliphatic rings. The summed E-state index contributed by atoms with van der Waals surface area (Å²) < 4.78 is 0. The molecular formula is C19H17N3O3. The van der Waals surface area contributed by atoms with E-state index in [1.165, 1.54) is 0 Å². The largest absolute Gasteiger partial charge is 0.334 e. The molecule has 1 aromatic heterocycles. The molecular weight excluding hydrogens is 318 g/mol. The molecule has 1 saturated heterocycles. The first-order valence-electron chi connectivity index (χ1n) is 8.31. The Morgan fingerprint density at radius 2 is 1.80 bits per heavy atom. The summed E-state index contributed by atoms with van der Waals surface area (Å²) in [5.41, 5.74) is 1.71. The fraction of sp³-hybridized carbons (Fsp3) is 0.263. The Morgan fingerprint density at radius 1 is 1.08 bits per heavy atom. The number of rotatable bonds is 3. The maximum Gasteiger partial charge on any atom is 0.262 e. The minimum atomic E-state index is -0.397. The summed E-state index contributed by atoms with van der Waals surface area (Å²) in [7, 11) is 0. The first kappa shape index (κ1) is 15.5. The lowest BCUT2D eigenvalue weighted by Crippen LogP contribution is -2.42. The van der Waals surface area contributed by atoms with Gasteiger partial charge in [0.25, 0.3) is 11.8 Å². The molecule has 1 aromatic carbocycles. The number of fused-ring (bicyclic) bond motifs is 1. The van der Waals surface area contributed by atoms with Crippen LogP contribution in [0.1, 0.15) is 45.2 Å². The number of hydrogen-bond donors (Lipinski definition) is 0. The molecule has 0 N–H and O–H groups in total. The average molecular weight is 335 g/mol. The van der Waals surface area contributed by atoms with Crippen LogP contribution in [0.5, 0.6) is 0 Å². The van der Waals surface area contributed by atoms with Crippen LogP contribution in [0.2, 0.25) is 0 Å². The summed E-state index contributed by atoms with van der Waals surface area (Å²) in [6.45, 7) is 0.407. The van der Waals surface area contributed by atoms with Crippen LogP contribution in [0.3, 0.4) is 0 Å². The number of hydrogen-bond acceptors (Lipinski definition) is 4. The molecule has 0 radical (unpaired) electrons. The van der Waals surface area contributed by atoms with Gasteiger partial charge in [-0.1, -0.05) is 18.2 Å². The molecule has 1 fully saturated rings. The van der Waals surface area contributed by atoms with E-state index in [9.17, 15) is 14.4 Å². The number of likely N-dealkylation sites (tertiary alicyclic amines) is 1. The molecule has 6 heteroatoms. The Balaban J connectivity index is 1.53. The van der Waals surface area contributed by atoms with Crippen LogP contribution in [0.4, 0.5) is 0 Å². The fourth-order valence-electron chi connectivity index (χ4n) is 3.59. The van der Waals surface area contributed by atoms with Gasteiger partial charge in [-0.15, -0.1) is 0 Å². The topological polar surface area (TPSA) is 70.6 Å². The van der Waals surface area contributed by atoms with Crippen LogP contribution in [-0.4, -0.2) is 45.6 Å². The first-order chi connectivity index (χ1) is 12.2. The van der Waals surface area contributed by atoms with Crippen molar-refractivity contribution in [3.05, 3.63) is 65.5 Å². The molecule has 126 valence electrons. The van der Waals surface area contributed by atoms with Crippen LogP contribution in [0, 0.1) is 0 Å². The number of benzene rings is 1. The zero-order chi connectivity index (χ0) is 17.4. The second-order valence-corrected chi connectivity index (χ2v) is 6.27. The normalized spacial score (nSPS) is 19.4. The van der Waals surface area contributed by atoms with Crippen LogP contribution >= 0.6 is 0 Å². The number of aromatic nitrogens is 1. The smallest absolute Gasteiger partial charge is 0.262 e. The molecule has 0 spiro atoms. The molecule has 0 aliphatic carbocycles. The third kappa shape index (κ3) is 2.59. The highest BCUT2D eigenvalue weighted by molar-refractivity contribution is 6.22. The number of carbonyl (C=O) groups excluding carboxylic acids is 3. The molecule has 6 nitrogen and oxygen atoms in total. The van der Waals surface area contributed by atoms with Crippen molar-refractivity contribution in [2.24, 2.45) is 0 Å². The van der Waals surface area contributed by atoms with E-state index in [-0.39, 0.29) is 18.5 Å². The number of nitrogens with zero attached hydrogens (tertiary/aromatic N) is 3. The molecule has 1 atom stereocenters. The van der Waals surface area contributed by atoms with Crippen LogP contribution in [0.15, 0.2) is 48.8 Å². The molecule has 3 amide bonds. The first-order valence-corrected chi connectivity index (χ1v) is 8.31. The number of pyridine rings is 1. The third-order valence-electron chi connectivity index (χ3n) is 4.81. The number of imide groups is 1. The average Bonchev–Trinajstić information content (AvgIpc) is 3.23. The summed E-state index contributed by atoms with van der Waals surface area (Å²) in [5.74, 6) is -1.00. The van der Waals surface area contributed by atoms with Gasteiger partial charge in [-0.05, 0) is 36.6 Å². The van der Waals surface area contributed by atoms with E-state index >= 15 is 0 Å². The molecule has 0 saturated carbocycles. The second kappa shape index (κ2) is 6.12. The van der Waals surface area contributed by atoms with E-state index in [0.717, 1.165) is 23.3 Å². The van der Waals surface area contributed by atoms with Crippen molar-refractivity contribution in [1.82, 2.24) is 14.8 Å². The van der Waals surface area contributed by atoms with Gasteiger partial charge in [0, 0.05) is 18.9 Å². The highest BCUT2D eigenvalue weighted by Gasteiger charge is 2.38. The van der Waals surface area contributed by atoms with Crippen molar-refractivity contribution in [2.75, 3.05) is 13.1 Å². The highest BCUT2D eigenvalue weighted by atomic mass is 16.2. The van der Waals surface area contributed by atoms with Gasteiger partial charge in [0.05, 0.1) is 17.2 Å². The van der Waals surface area contributed by atoms with Crippen molar-refractivity contribution in [2.45, 2.75) is 18.9 Å². The lowest BCUT2D eigenvalue weighted by Gasteiger charge is -2.26. The van der Waals surface area contributed by atoms with Crippen molar-refractivity contribution < 1.29 is 14.4 Å². The SMILES string of the molecule is O=C1c2ccccc2C(=O)N1CC(=O)N1CCCC1c1cccnc1. The fourth-order valence-corrected chi connectivity index (χ4v) is 3.59. The van der Waals surface area contributed by atoms with Gasteiger partial charge in [-0.2, -0.15) is 0 Å². The Bertz CT molecular complexity index is 815. The molecule has 3 heterocycles. The van der Waals surface area contributed by atoms with Gasteiger partial charge in [0.1, 0.15) is 6.54 Å². The predicted molar refractivity (Wildman–Crippen MR) is 89.7 cm³/mol. The third-order valence-corrected chi connectivity index (χ3v) is 4.81. The van der Waals surface area contributed by atoms with Crippen molar-refractivity contribution in [3.8, 4) is 0 Å². The van der Waals surface area contributed by atoms with Gasteiger partial charge in [-0.25, -0.2) is 0 Å². The molecule has 2 aliphatic heterocycles. The van der Waals surface area contributed by atoms with Crippen molar-refractivity contribution in [1.29, 1.82) is 0 Å². The van der Waals surface area contributed by atoms with E-state index in [0.29, 0.717) is 17.7 Å². The number of amides is 3. The van der Waals surface area contributed by atoms with E-state index < -0.39 is 11.8 Å². The standard InChI is InChI=1S/C19H17N3O3/c23-17(21-10-4-8-16(21)13-5-3-9-20-11-13)12-22-18(24)14-6-1-2-7-15(14)19(22)25/h1-3,5-7,9,11,16H,4,8,10,12H2. The number of carbonyl (C=O) groups is 3. The molecule has 1 unspecified atom stereocenters. The summed E-state index contributed by atoms with van der Waals surface area (Å²) in [6, 6.07) is 10.4.